The molecule has 1 aliphatic carbocycles. The highest BCUT2D eigenvalue weighted by atomic mass is 16.4. The van der Waals surface area contributed by atoms with Crippen molar-refractivity contribution in [2.45, 2.75) is 37.2 Å². The van der Waals surface area contributed by atoms with E-state index in [2.05, 4.69) is 0 Å². The summed E-state index contributed by atoms with van der Waals surface area (Å²) >= 11 is 0. The zero-order valence-electron chi connectivity index (χ0n) is 9.10. The molecule has 1 aromatic carbocycles. The van der Waals surface area contributed by atoms with E-state index in [9.17, 15) is 9.90 Å². The van der Waals surface area contributed by atoms with Crippen LogP contribution < -0.4 is 0 Å². The minimum Gasteiger partial charge on any atom is -0.479 e. The Labute approximate surface area is 94.7 Å². The van der Waals surface area contributed by atoms with Crippen LogP contribution in [-0.4, -0.2) is 22.3 Å². The lowest BCUT2D eigenvalue weighted by atomic mass is 9.74. The second-order valence-electron chi connectivity index (χ2n) is 4.47. The maximum absolute atomic E-state index is 11.0. The van der Waals surface area contributed by atoms with Crippen LogP contribution in [0.3, 0.4) is 0 Å². The maximum Gasteiger partial charge on any atom is 0.333 e. The summed E-state index contributed by atoms with van der Waals surface area (Å²) in [7, 11) is 0. The first-order valence-corrected chi connectivity index (χ1v) is 5.63. The molecule has 1 saturated carbocycles. The largest absolute Gasteiger partial charge is 0.479 e. The Balaban J connectivity index is 2.40. The van der Waals surface area contributed by atoms with E-state index in [0.717, 1.165) is 31.2 Å². The number of benzene rings is 1. The fraction of sp³-hybridized carbons (Fsp3) is 0.462. The predicted molar refractivity (Wildman–Crippen MR) is 60.2 cm³/mol. The highest BCUT2D eigenvalue weighted by Gasteiger charge is 2.45. The summed E-state index contributed by atoms with van der Waals surface area (Å²) in [6.45, 7) is 0. The van der Waals surface area contributed by atoms with Crippen LogP contribution in [0.5, 0.6) is 0 Å². The second kappa shape index (κ2) is 4.26. The first-order valence-electron chi connectivity index (χ1n) is 5.63. The van der Waals surface area contributed by atoms with E-state index in [1.165, 1.54) is 0 Å². The number of aliphatic hydroxyl groups excluding tert-OH is 1. The van der Waals surface area contributed by atoms with E-state index in [1.807, 2.05) is 30.3 Å². The van der Waals surface area contributed by atoms with Crippen LogP contribution in [0.4, 0.5) is 0 Å². The molecule has 2 rings (SSSR count). The van der Waals surface area contributed by atoms with Crippen molar-refractivity contribution in [3.63, 3.8) is 0 Å². The lowest BCUT2D eigenvalue weighted by Gasteiger charge is -2.32. The number of aliphatic hydroxyl groups is 1. The molecule has 1 fully saturated rings. The Morgan fingerprint density at radius 2 is 1.75 bits per heavy atom. The van der Waals surface area contributed by atoms with Gasteiger partial charge in [0.15, 0.2) is 6.10 Å². The quantitative estimate of drug-likeness (QED) is 0.818. The topological polar surface area (TPSA) is 57.5 Å². The number of carboxylic acids is 1. The highest BCUT2D eigenvalue weighted by Crippen LogP contribution is 2.43. The third kappa shape index (κ3) is 1.71. The van der Waals surface area contributed by atoms with E-state index in [0.29, 0.717) is 0 Å². The van der Waals surface area contributed by atoms with E-state index < -0.39 is 17.5 Å². The van der Waals surface area contributed by atoms with Crippen molar-refractivity contribution in [1.82, 2.24) is 0 Å². The summed E-state index contributed by atoms with van der Waals surface area (Å²) in [4.78, 5) is 11.0. The van der Waals surface area contributed by atoms with Crippen molar-refractivity contribution in [1.29, 1.82) is 0 Å². The molecule has 0 aromatic heterocycles. The SMILES string of the molecule is O=C(O)C(O)C1(c2ccccc2)CCCC1. The molecule has 3 nitrogen and oxygen atoms in total. The van der Waals surface area contributed by atoms with Gasteiger partial charge < -0.3 is 10.2 Å². The summed E-state index contributed by atoms with van der Waals surface area (Å²) in [5, 5.41) is 18.9. The molecule has 16 heavy (non-hydrogen) atoms. The van der Waals surface area contributed by atoms with Crippen LogP contribution in [0.15, 0.2) is 30.3 Å². The first kappa shape index (κ1) is 11.1. The average molecular weight is 220 g/mol. The van der Waals surface area contributed by atoms with Gasteiger partial charge in [0.25, 0.3) is 0 Å². The molecular formula is C13H16O3. The predicted octanol–water partition coefficient (Wildman–Crippen LogP) is 1.94. The van der Waals surface area contributed by atoms with Crippen LogP contribution in [0.1, 0.15) is 31.2 Å². The number of hydrogen-bond donors (Lipinski definition) is 2. The van der Waals surface area contributed by atoms with Gasteiger partial charge in [-0.25, -0.2) is 4.79 Å². The summed E-state index contributed by atoms with van der Waals surface area (Å²) in [6.07, 6.45) is 2.19. The fourth-order valence-corrected chi connectivity index (χ4v) is 2.73. The molecule has 0 saturated heterocycles. The molecule has 0 bridgehead atoms. The van der Waals surface area contributed by atoms with Gasteiger partial charge in [-0.3, -0.25) is 0 Å². The summed E-state index contributed by atoms with van der Waals surface area (Å²) in [5.41, 5.74) is 0.370. The smallest absolute Gasteiger partial charge is 0.333 e. The van der Waals surface area contributed by atoms with Crippen LogP contribution in [0.25, 0.3) is 0 Å². The van der Waals surface area contributed by atoms with Gasteiger partial charge in [-0.05, 0) is 18.4 Å². The van der Waals surface area contributed by atoms with E-state index in [-0.39, 0.29) is 0 Å². The molecule has 1 aliphatic rings. The van der Waals surface area contributed by atoms with Gasteiger partial charge in [0.1, 0.15) is 0 Å². The molecule has 1 aromatic rings. The number of rotatable bonds is 3. The molecule has 2 N–H and O–H groups in total. The van der Waals surface area contributed by atoms with E-state index >= 15 is 0 Å². The van der Waals surface area contributed by atoms with Crippen molar-refractivity contribution >= 4 is 5.97 Å². The van der Waals surface area contributed by atoms with E-state index in [1.54, 1.807) is 0 Å². The zero-order valence-corrected chi connectivity index (χ0v) is 9.10. The van der Waals surface area contributed by atoms with E-state index in [4.69, 9.17) is 5.11 Å². The molecule has 1 unspecified atom stereocenters. The maximum atomic E-state index is 11.0. The molecule has 0 heterocycles. The van der Waals surface area contributed by atoms with Crippen molar-refractivity contribution < 1.29 is 15.0 Å². The molecule has 0 radical (unpaired) electrons. The number of carboxylic acid groups (broad SMARTS) is 1. The van der Waals surface area contributed by atoms with Gasteiger partial charge in [0.05, 0.1) is 0 Å². The zero-order chi connectivity index (χ0) is 11.6. The van der Waals surface area contributed by atoms with Crippen LogP contribution in [-0.2, 0) is 10.2 Å². The molecule has 3 heteroatoms. The second-order valence-corrected chi connectivity index (χ2v) is 4.47. The standard InChI is InChI=1S/C13H16O3/c14-11(12(15)16)13(8-4-5-9-13)10-6-2-1-3-7-10/h1-3,6-7,11,14H,4-5,8-9H2,(H,15,16). The number of aliphatic carboxylic acids is 1. The summed E-state index contributed by atoms with van der Waals surface area (Å²) in [5.74, 6) is -1.12. The van der Waals surface area contributed by atoms with Crippen LogP contribution in [0, 0.1) is 0 Å². The Bertz CT molecular complexity index is 366. The molecular weight excluding hydrogens is 204 g/mol. The number of carbonyl (C=O) groups is 1. The molecule has 0 amide bonds. The Hall–Kier alpha value is -1.35. The Morgan fingerprint density at radius 3 is 2.25 bits per heavy atom. The lowest BCUT2D eigenvalue weighted by Crippen LogP contribution is -2.42. The lowest BCUT2D eigenvalue weighted by molar-refractivity contribution is -0.150. The monoisotopic (exact) mass is 220 g/mol. The molecule has 1 atom stereocenters. The third-order valence-electron chi connectivity index (χ3n) is 3.60. The van der Waals surface area contributed by atoms with Gasteiger partial charge in [-0.1, -0.05) is 43.2 Å². The van der Waals surface area contributed by atoms with Crippen molar-refractivity contribution in [3.8, 4) is 0 Å². The minimum atomic E-state index is -1.29. The molecule has 0 spiro atoms. The highest BCUT2D eigenvalue weighted by molar-refractivity contribution is 5.74. The Kier molecular flexibility index (Phi) is 2.97. The Morgan fingerprint density at radius 1 is 1.19 bits per heavy atom. The van der Waals surface area contributed by atoms with Gasteiger partial charge in [0.2, 0.25) is 0 Å². The van der Waals surface area contributed by atoms with Crippen molar-refractivity contribution in [2.24, 2.45) is 0 Å². The average Bonchev–Trinajstić information content (AvgIpc) is 2.79. The van der Waals surface area contributed by atoms with Gasteiger partial charge in [0, 0.05) is 5.41 Å². The van der Waals surface area contributed by atoms with Gasteiger partial charge in [-0.15, -0.1) is 0 Å². The van der Waals surface area contributed by atoms with Crippen LogP contribution in [0.2, 0.25) is 0 Å². The summed E-state index contributed by atoms with van der Waals surface area (Å²) < 4.78 is 0. The third-order valence-corrected chi connectivity index (χ3v) is 3.60. The van der Waals surface area contributed by atoms with Crippen molar-refractivity contribution in [2.75, 3.05) is 0 Å². The minimum absolute atomic E-state index is 0.576. The summed E-state index contributed by atoms with van der Waals surface area (Å²) in [6, 6.07) is 9.52. The number of hydrogen-bond acceptors (Lipinski definition) is 2. The normalized spacial score (nSPS) is 20.6. The fourth-order valence-electron chi connectivity index (χ4n) is 2.73. The van der Waals surface area contributed by atoms with Gasteiger partial charge >= 0.3 is 5.97 Å². The van der Waals surface area contributed by atoms with Gasteiger partial charge in [-0.2, -0.15) is 0 Å². The molecule has 0 aliphatic heterocycles. The van der Waals surface area contributed by atoms with Crippen LogP contribution >= 0.6 is 0 Å². The molecule has 86 valence electrons. The first-order chi connectivity index (χ1) is 7.67. The van der Waals surface area contributed by atoms with Crippen molar-refractivity contribution in [3.05, 3.63) is 35.9 Å².